The number of hydrogen-bond donors (Lipinski definition) is 0. The Labute approximate surface area is 118 Å². The first kappa shape index (κ1) is 14.3. The molecular weight excluding hydrogens is 319 g/mol. The van der Waals surface area contributed by atoms with Gasteiger partial charge in [0.25, 0.3) is 0 Å². The van der Waals surface area contributed by atoms with Gasteiger partial charge in [-0.05, 0) is 31.0 Å². The Morgan fingerprint density at radius 2 is 1.89 bits per heavy atom. The molecule has 1 aromatic carbocycles. The Balaban J connectivity index is 2.14. The quantitative estimate of drug-likeness (QED) is 0.697. The van der Waals surface area contributed by atoms with Crippen molar-refractivity contribution in [1.29, 1.82) is 0 Å². The van der Waals surface area contributed by atoms with Crippen LogP contribution in [0.1, 0.15) is 18.4 Å². The highest BCUT2D eigenvalue weighted by Crippen LogP contribution is 2.36. The smallest absolute Gasteiger partial charge is 0.370 e. The topological polar surface area (TPSA) is 3.24 Å². The molecule has 0 N–H and O–H groups in total. The van der Waals surface area contributed by atoms with Crippen molar-refractivity contribution in [1.82, 2.24) is 0 Å². The maximum absolute atomic E-state index is 12.6. The van der Waals surface area contributed by atoms with Crippen LogP contribution in [0.5, 0.6) is 0 Å². The number of rotatable bonds is 1. The molecule has 1 aliphatic heterocycles. The van der Waals surface area contributed by atoms with Gasteiger partial charge in [0, 0.05) is 23.1 Å². The van der Waals surface area contributed by atoms with Gasteiger partial charge in [-0.3, -0.25) is 0 Å². The van der Waals surface area contributed by atoms with Crippen molar-refractivity contribution in [2.45, 2.75) is 19.0 Å². The van der Waals surface area contributed by atoms with Crippen LogP contribution in [0, 0.1) is 18.3 Å². The first-order chi connectivity index (χ1) is 8.91. The summed E-state index contributed by atoms with van der Waals surface area (Å²) in [5.74, 6) is 1.39. The Morgan fingerprint density at radius 1 is 1.26 bits per heavy atom. The summed E-state index contributed by atoms with van der Waals surface area (Å²) in [6.45, 7) is 0.768. The minimum Gasteiger partial charge on any atom is -0.370 e. The number of hydrogen-bond acceptors (Lipinski definition) is 1. The first-order valence-corrected chi connectivity index (χ1v) is 6.79. The number of halogens is 4. The van der Waals surface area contributed by atoms with Gasteiger partial charge in [-0.25, -0.2) is 0 Å². The molecule has 0 unspecified atom stereocenters. The van der Waals surface area contributed by atoms with Crippen LogP contribution in [0.2, 0.25) is 0 Å². The van der Waals surface area contributed by atoms with E-state index in [1.807, 2.05) is 17.0 Å². The molecule has 0 spiro atoms. The van der Waals surface area contributed by atoms with E-state index in [9.17, 15) is 13.2 Å². The van der Waals surface area contributed by atoms with Gasteiger partial charge in [0.15, 0.2) is 0 Å². The fraction of sp³-hybridized carbons (Fsp3) is 0.429. The molecule has 1 saturated heterocycles. The number of nitrogens with zero attached hydrogens (tertiary/aromatic N) is 1. The zero-order chi connectivity index (χ0) is 14.0. The Bertz CT molecular complexity index is 496. The van der Waals surface area contributed by atoms with Gasteiger partial charge in [-0.15, -0.1) is 6.42 Å². The van der Waals surface area contributed by atoms with Crippen molar-refractivity contribution in [2.75, 3.05) is 18.0 Å². The lowest BCUT2D eigenvalue weighted by Gasteiger charge is -2.35. The highest BCUT2D eigenvalue weighted by molar-refractivity contribution is 9.10. The van der Waals surface area contributed by atoms with E-state index in [0.29, 0.717) is 18.7 Å². The normalized spacial score (nSPS) is 17.3. The summed E-state index contributed by atoms with van der Waals surface area (Å²) >= 11 is 3.36. The number of alkyl halides is 3. The molecule has 0 saturated carbocycles. The number of anilines is 1. The molecule has 0 aliphatic carbocycles. The fourth-order valence-corrected chi connectivity index (χ4v) is 2.69. The van der Waals surface area contributed by atoms with E-state index in [-0.39, 0.29) is 12.8 Å². The van der Waals surface area contributed by atoms with E-state index in [0.717, 1.165) is 10.2 Å². The lowest BCUT2D eigenvalue weighted by Crippen LogP contribution is -2.39. The van der Waals surface area contributed by atoms with Crippen LogP contribution in [-0.4, -0.2) is 19.3 Å². The molecule has 1 nitrogen and oxygen atoms in total. The van der Waals surface area contributed by atoms with Crippen LogP contribution in [-0.2, 0) is 0 Å². The van der Waals surface area contributed by atoms with Crippen molar-refractivity contribution in [2.24, 2.45) is 5.92 Å². The van der Waals surface area contributed by atoms with E-state index >= 15 is 0 Å². The van der Waals surface area contributed by atoms with Gasteiger partial charge in [0.2, 0.25) is 0 Å². The van der Waals surface area contributed by atoms with E-state index in [4.69, 9.17) is 6.42 Å². The second-order valence-corrected chi connectivity index (χ2v) is 5.52. The molecule has 0 amide bonds. The van der Waals surface area contributed by atoms with Gasteiger partial charge in [-0.2, -0.15) is 13.2 Å². The fourth-order valence-electron chi connectivity index (χ4n) is 2.34. The van der Waals surface area contributed by atoms with Crippen LogP contribution < -0.4 is 4.90 Å². The molecule has 2 rings (SSSR count). The highest BCUT2D eigenvalue weighted by atomic mass is 79.9. The minimum atomic E-state index is -4.09. The Hall–Kier alpha value is -1.15. The predicted molar refractivity (Wildman–Crippen MR) is 73.1 cm³/mol. The second kappa shape index (κ2) is 5.46. The van der Waals surface area contributed by atoms with E-state index < -0.39 is 12.1 Å². The standard InChI is InChI=1S/C14H13BrF3N/c1-2-10-3-4-12(15)9-13(10)19-7-5-11(6-8-19)14(16,17)18/h1,3-4,9,11H,5-8H2. The summed E-state index contributed by atoms with van der Waals surface area (Å²) in [5.41, 5.74) is 1.55. The zero-order valence-electron chi connectivity index (χ0n) is 10.2. The van der Waals surface area contributed by atoms with E-state index in [2.05, 4.69) is 21.9 Å². The van der Waals surface area contributed by atoms with Crippen molar-refractivity contribution >= 4 is 21.6 Å². The summed E-state index contributed by atoms with van der Waals surface area (Å²) < 4.78 is 38.7. The van der Waals surface area contributed by atoms with Crippen molar-refractivity contribution in [3.05, 3.63) is 28.2 Å². The molecule has 0 bridgehead atoms. The third-order valence-corrected chi connectivity index (χ3v) is 3.91. The number of benzene rings is 1. The zero-order valence-corrected chi connectivity index (χ0v) is 11.8. The van der Waals surface area contributed by atoms with Gasteiger partial charge in [-0.1, -0.05) is 21.9 Å². The lowest BCUT2D eigenvalue weighted by molar-refractivity contribution is -0.179. The van der Waals surface area contributed by atoms with Crippen molar-refractivity contribution in [3.8, 4) is 12.3 Å². The van der Waals surface area contributed by atoms with Gasteiger partial charge in [0.1, 0.15) is 0 Å². The number of piperidine rings is 1. The highest BCUT2D eigenvalue weighted by Gasteiger charge is 2.41. The predicted octanol–water partition coefficient (Wildman–Crippen LogP) is 4.21. The van der Waals surface area contributed by atoms with Crippen LogP contribution in [0.25, 0.3) is 0 Å². The largest absolute Gasteiger partial charge is 0.391 e. The average molecular weight is 332 g/mol. The SMILES string of the molecule is C#Cc1ccc(Br)cc1N1CCC(C(F)(F)F)CC1. The maximum Gasteiger partial charge on any atom is 0.391 e. The van der Waals surface area contributed by atoms with Crippen LogP contribution in [0.3, 0.4) is 0 Å². The molecule has 102 valence electrons. The summed E-state index contributed by atoms with van der Waals surface area (Å²) in [7, 11) is 0. The molecule has 5 heteroatoms. The molecule has 1 aromatic rings. The van der Waals surface area contributed by atoms with Crippen LogP contribution >= 0.6 is 15.9 Å². The minimum absolute atomic E-state index is 0.125. The second-order valence-electron chi connectivity index (χ2n) is 4.61. The summed E-state index contributed by atoms with van der Waals surface area (Å²) in [6.07, 6.45) is 1.60. The number of terminal acetylenes is 1. The van der Waals surface area contributed by atoms with E-state index in [1.165, 1.54) is 0 Å². The summed E-state index contributed by atoms with van der Waals surface area (Å²) in [5, 5.41) is 0. The maximum atomic E-state index is 12.6. The molecule has 0 atom stereocenters. The summed E-state index contributed by atoms with van der Waals surface area (Å²) in [4.78, 5) is 1.93. The lowest BCUT2D eigenvalue weighted by atomic mass is 9.95. The molecule has 1 heterocycles. The monoisotopic (exact) mass is 331 g/mol. The molecular formula is C14H13BrF3N. The third-order valence-electron chi connectivity index (χ3n) is 3.41. The first-order valence-electron chi connectivity index (χ1n) is 5.99. The van der Waals surface area contributed by atoms with Crippen LogP contribution in [0.4, 0.5) is 18.9 Å². The molecule has 1 aliphatic rings. The van der Waals surface area contributed by atoms with Gasteiger partial charge in [0.05, 0.1) is 11.6 Å². The molecule has 0 aromatic heterocycles. The Morgan fingerprint density at radius 3 is 2.42 bits per heavy atom. The van der Waals surface area contributed by atoms with Crippen molar-refractivity contribution < 1.29 is 13.2 Å². The Kier molecular flexibility index (Phi) is 4.10. The van der Waals surface area contributed by atoms with Crippen molar-refractivity contribution in [3.63, 3.8) is 0 Å². The van der Waals surface area contributed by atoms with Gasteiger partial charge < -0.3 is 4.90 Å². The molecule has 19 heavy (non-hydrogen) atoms. The molecule has 1 fully saturated rings. The summed E-state index contributed by atoms with van der Waals surface area (Å²) in [6, 6.07) is 5.50. The third kappa shape index (κ3) is 3.24. The van der Waals surface area contributed by atoms with Crippen LogP contribution in [0.15, 0.2) is 22.7 Å². The molecule has 0 radical (unpaired) electrons. The van der Waals surface area contributed by atoms with E-state index in [1.54, 1.807) is 6.07 Å². The van der Waals surface area contributed by atoms with Gasteiger partial charge >= 0.3 is 6.18 Å². The average Bonchev–Trinajstić information content (AvgIpc) is 2.38.